The molecule has 5 unspecified atom stereocenters. The molecule has 18 heavy (non-hydrogen) atoms. The maximum absolute atomic E-state index is 3.48. The lowest BCUT2D eigenvalue weighted by Crippen LogP contribution is -2.43. The molecule has 0 saturated heterocycles. The van der Waals surface area contributed by atoms with Crippen LogP contribution in [0.4, 0.5) is 0 Å². The molecule has 0 aromatic heterocycles. The first-order valence-electron chi connectivity index (χ1n) is 8.13. The Labute approximate surface area is 113 Å². The predicted molar refractivity (Wildman–Crippen MR) is 76.7 cm³/mol. The lowest BCUT2D eigenvalue weighted by atomic mass is 9.86. The van der Waals surface area contributed by atoms with E-state index in [1.807, 2.05) is 0 Å². The number of rotatable bonds is 4. The molecule has 3 saturated carbocycles. The van der Waals surface area contributed by atoms with Crippen LogP contribution in [0.15, 0.2) is 0 Å². The van der Waals surface area contributed by atoms with Gasteiger partial charge in [-0.15, -0.1) is 0 Å². The van der Waals surface area contributed by atoms with E-state index in [1.54, 1.807) is 6.42 Å². The SMILES string of the molecule is CNC1CCCC(N(C)CC2CC3CCC2C3)C1. The third kappa shape index (κ3) is 2.60. The summed E-state index contributed by atoms with van der Waals surface area (Å²) in [4.78, 5) is 2.70. The van der Waals surface area contributed by atoms with Crippen LogP contribution in [0.2, 0.25) is 0 Å². The highest BCUT2D eigenvalue weighted by Crippen LogP contribution is 2.48. The van der Waals surface area contributed by atoms with Gasteiger partial charge in [0, 0.05) is 18.6 Å². The summed E-state index contributed by atoms with van der Waals surface area (Å²) in [5.41, 5.74) is 0. The van der Waals surface area contributed by atoms with E-state index in [9.17, 15) is 0 Å². The molecule has 0 aromatic carbocycles. The maximum Gasteiger partial charge on any atom is 0.0107 e. The van der Waals surface area contributed by atoms with Crippen LogP contribution in [0.3, 0.4) is 0 Å². The number of fused-ring (bicyclic) bond motifs is 2. The Morgan fingerprint density at radius 3 is 2.61 bits per heavy atom. The highest BCUT2D eigenvalue weighted by Gasteiger charge is 2.40. The van der Waals surface area contributed by atoms with Gasteiger partial charge in [-0.25, -0.2) is 0 Å². The van der Waals surface area contributed by atoms with Crippen molar-refractivity contribution < 1.29 is 0 Å². The number of nitrogens with one attached hydrogen (secondary N) is 1. The van der Waals surface area contributed by atoms with Gasteiger partial charge in [0.2, 0.25) is 0 Å². The summed E-state index contributed by atoms with van der Waals surface area (Å²) in [6.07, 6.45) is 11.8. The summed E-state index contributed by atoms with van der Waals surface area (Å²) in [5.74, 6) is 3.22. The van der Waals surface area contributed by atoms with Crippen LogP contribution in [0.25, 0.3) is 0 Å². The Balaban J connectivity index is 1.50. The largest absolute Gasteiger partial charge is 0.317 e. The molecule has 0 radical (unpaired) electrons. The molecule has 2 heteroatoms. The van der Waals surface area contributed by atoms with Crippen LogP contribution < -0.4 is 5.32 Å². The van der Waals surface area contributed by atoms with Crippen LogP contribution in [-0.2, 0) is 0 Å². The minimum atomic E-state index is 0.770. The van der Waals surface area contributed by atoms with Gasteiger partial charge in [-0.2, -0.15) is 0 Å². The zero-order chi connectivity index (χ0) is 12.5. The molecule has 0 aliphatic heterocycles. The van der Waals surface area contributed by atoms with Crippen LogP contribution in [0.1, 0.15) is 51.4 Å². The number of hydrogen-bond donors (Lipinski definition) is 1. The summed E-state index contributed by atoms with van der Waals surface area (Å²) in [6, 6.07) is 1.61. The van der Waals surface area contributed by atoms with Crippen molar-refractivity contribution in [3.8, 4) is 0 Å². The van der Waals surface area contributed by atoms with E-state index in [0.29, 0.717) is 0 Å². The quantitative estimate of drug-likeness (QED) is 0.825. The van der Waals surface area contributed by atoms with Gasteiger partial charge in [-0.1, -0.05) is 12.8 Å². The smallest absolute Gasteiger partial charge is 0.0107 e. The molecule has 0 spiro atoms. The standard InChI is InChI=1S/C16H30N2/c1-17-15-4-3-5-16(10-15)18(2)11-14-9-12-6-7-13(14)8-12/h12-17H,3-11H2,1-2H3. The van der Waals surface area contributed by atoms with E-state index in [2.05, 4.69) is 24.3 Å². The van der Waals surface area contributed by atoms with Gasteiger partial charge >= 0.3 is 0 Å². The molecule has 2 nitrogen and oxygen atoms in total. The Morgan fingerprint density at radius 1 is 1.06 bits per heavy atom. The molecule has 0 heterocycles. The minimum absolute atomic E-state index is 0.770. The van der Waals surface area contributed by atoms with Gasteiger partial charge in [0.15, 0.2) is 0 Å². The van der Waals surface area contributed by atoms with Crippen molar-refractivity contribution in [2.24, 2.45) is 17.8 Å². The van der Waals surface area contributed by atoms with Crippen LogP contribution in [0.5, 0.6) is 0 Å². The van der Waals surface area contributed by atoms with E-state index < -0.39 is 0 Å². The lowest BCUT2D eigenvalue weighted by molar-refractivity contribution is 0.132. The summed E-state index contributed by atoms with van der Waals surface area (Å²) in [6.45, 7) is 1.38. The van der Waals surface area contributed by atoms with Gasteiger partial charge in [-0.3, -0.25) is 0 Å². The average molecular weight is 250 g/mol. The fourth-order valence-corrected chi connectivity index (χ4v) is 4.95. The summed E-state index contributed by atoms with van der Waals surface area (Å²) in [5, 5.41) is 3.48. The molecule has 3 fully saturated rings. The lowest BCUT2D eigenvalue weighted by Gasteiger charge is -2.37. The first-order chi connectivity index (χ1) is 8.76. The van der Waals surface area contributed by atoms with E-state index >= 15 is 0 Å². The second kappa shape index (κ2) is 5.50. The summed E-state index contributed by atoms with van der Waals surface area (Å²) < 4.78 is 0. The molecular weight excluding hydrogens is 220 g/mol. The molecule has 0 aromatic rings. The third-order valence-electron chi connectivity index (χ3n) is 6.09. The molecule has 104 valence electrons. The Kier molecular flexibility index (Phi) is 3.95. The van der Waals surface area contributed by atoms with Gasteiger partial charge in [0.05, 0.1) is 0 Å². The topological polar surface area (TPSA) is 15.3 Å². The van der Waals surface area contributed by atoms with Crippen LogP contribution in [-0.4, -0.2) is 37.6 Å². The number of nitrogens with zero attached hydrogens (tertiary/aromatic N) is 1. The fourth-order valence-electron chi connectivity index (χ4n) is 4.95. The fraction of sp³-hybridized carbons (Fsp3) is 1.00. The normalized spacial score (nSPS) is 43.8. The molecule has 3 rings (SSSR count). The van der Waals surface area contributed by atoms with Crippen LogP contribution in [0, 0.1) is 17.8 Å². The van der Waals surface area contributed by atoms with Crippen molar-refractivity contribution in [1.82, 2.24) is 10.2 Å². The van der Waals surface area contributed by atoms with E-state index in [4.69, 9.17) is 0 Å². The monoisotopic (exact) mass is 250 g/mol. The molecule has 3 aliphatic rings. The molecule has 0 amide bonds. The molecule has 5 atom stereocenters. The number of hydrogen-bond acceptors (Lipinski definition) is 2. The van der Waals surface area contributed by atoms with Crippen molar-refractivity contribution in [1.29, 1.82) is 0 Å². The molecular formula is C16H30N2. The van der Waals surface area contributed by atoms with Crippen molar-refractivity contribution in [2.45, 2.75) is 63.5 Å². The third-order valence-corrected chi connectivity index (χ3v) is 6.09. The zero-order valence-electron chi connectivity index (χ0n) is 12.2. The summed E-state index contributed by atoms with van der Waals surface area (Å²) in [7, 11) is 4.51. The van der Waals surface area contributed by atoms with Gasteiger partial charge in [0.1, 0.15) is 0 Å². The van der Waals surface area contributed by atoms with Crippen molar-refractivity contribution in [3.63, 3.8) is 0 Å². The van der Waals surface area contributed by atoms with Gasteiger partial charge in [0.25, 0.3) is 0 Å². The van der Waals surface area contributed by atoms with E-state index in [1.165, 1.54) is 51.5 Å². The van der Waals surface area contributed by atoms with Crippen LogP contribution >= 0.6 is 0 Å². The van der Waals surface area contributed by atoms with Crippen molar-refractivity contribution in [3.05, 3.63) is 0 Å². The predicted octanol–water partition coefficient (Wildman–Crippen LogP) is 2.89. The van der Waals surface area contributed by atoms with Gasteiger partial charge in [-0.05, 0) is 70.4 Å². The highest BCUT2D eigenvalue weighted by molar-refractivity contribution is 4.92. The molecule has 2 bridgehead atoms. The summed E-state index contributed by atoms with van der Waals surface area (Å²) >= 11 is 0. The maximum atomic E-state index is 3.48. The minimum Gasteiger partial charge on any atom is -0.317 e. The Bertz CT molecular complexity index is 278. The van der Waals surface area contributed by atoms with Crippen molar-refractivity contribution >= 4 is 0 Å². The first kappa shape index (κ1) is 12.9. The average Bonchev–Trinajstić information content (AvgIpc) is 3.01. The molecule has 3 aliphatic carbocycles. The van der Waals surface area contributed by atoms with E-state index in [0.717, 1.165) is 29.8 Å². The zero-order valence-corrected chi connectivity index (χ0v) is 12.2. The Hall–Kier alpha value is -0.0800. The second-order valence-electron chi connectivity index (χ2n) is 7.18. The van der Waals surface area contributed by atoms with E-state index in [-0.39, 0.29) is 0 Å². The van der Waals surface area contributed by atoms with Gasteiger partial charge < -0.3 is 10.2 Å². The second-order valence-corrected chi connectivity index (χ2v) is 7.18. The highest BCUT2D eigenvalue weighted by atomic mass is 15.1. The van der Waals surface area contributed by atoms with Crippen molar-refractivity contribution in [2.75, 3.05) is 20.6 Å². The molecule has 1 N–H and O–H groups in total. The first-order valence-corrected chi connectivity index (χ1v) is 8.13. The Morgan fingerprint density at radius 2 is 1.94 bits per heavy atom.